The minimum atomic E-state index is -0.0753. The summed E-state index contributed by atoms with van der Waals surface area (Å²) >= 11 is 0. The highest BCUT2D eigenvalue weighted by molar-refractivity contribution is 5.94. The summed E-state index contributed by atoms with van der Waals surface area (Å²) in [5.41, 5.74) is 2.65. The van der Waals surface area contributed by atoms with E-state index in [4.69, 9.17) is 4.74 Å². The quantitative estimate of drug-likeness (QED) is 0.713. The van der Waals surface area contributed by atoms with Gasteiger partial charge in [0.05, 0.1) is 7.11 Å². The summed E-state index contributed by atoms with van der Waals surface area (Å²) in [4.78, 5) is 25.4. The number of ether oxygens (including phenoxy) is 1. The molecule has 0 bridgehead atoms. The topological polar surface area (TPSA) is 58.6 Å². The van der Waals surface area contributed by atoms with Gasteiger partial charge in [-0.25, -0.2) is 0 Å². The van der Waals surface area contributed by atoms with Crippen LogP contribution in [0, 0.1) is 0 Å². The number of carbonyl (C=O) groups is 2. The van der Waals surface area contributed by atoms with Gasteiger partial charge in [0.25, 0.3) is 5.91 Å². The fourth-order valence-corrected chi connectivity index (χ4v) is 3.06. The SMILES string of the molecule is COc1ccc2cc(CN(C)C(=O)c3ccc(CNC(C)=O)cc3)ccc2c1. The van der Waals surface area contributed by atoms with Gasteiger partial charge in [-0.3, -0.25) is 9.59 Å². The van der Waals surface area contributed by atoms with Gasteiger partial charge >= 0.3 is 0 Å². The Balaban J connectivity index is 1.68. The second kappa shape index (κ2) is 8.57. The van der Waals surface area contributed by atoms with Gasteiger partial charge in [0.15, 0.2) is 0 Å². The van der Waals surface area contributed by atoms with Crippen LogP contribution >= 0.6 is 0 Å². The molecule has 0 aliphatic carbocycles. The van der Waals surface area contributed by atoms with Gasteiger partial charge in [0.2, 0.25) is 5.91 Å². The number of methoxy groups -OCH3 is 1. The maximum atomic E-state index is 12.7. The van der Waals surface area contributed by atoms with Gasteiger partial charge in [-0.05, 0) is 52.2 Å². The molecule has 0 spiro atoms. The molecule has 0 saturated carbocycles. The van der Waals surface area contributed by atoms with E-state index in [1.54, 1.807) is 31.2 Å². The van der Waals surface area contributed by atoms with Crippen LogP contribution < -0.4 is 10.1 Å². The van der Waals surface area contributed by atoms with Crippen LogP contribution in [0.25, 0.3) is 10.8 Å². The van der Waals surface area contributed by atoms with Gasteiger partial charge in [-0.2, -0.15) is 0 Å². The minimum absolute atomic E-state index is 0.0408. The number of nitrogens with one attached hydrogen (secondary N) is 1. The average molecular weight is 376 g/mol. The second-order valence-corrected chi connectivity index (χ2v) is 6.82. The number of nitrogens with zero attached hydrogens (tertiary/aromatic N) is 1. The molecule has 3 aromatic rings. The van der Waals surface area contributed by atoms with E-state index in [0.29, 0.717) is 18.7 Å². The maximum Gasteiger partial charge on any atom is 0.253 e. The molecule has 0 atom stereocenters. The molecule has 0 heterocycles. The van der Waals surface area contributed by atoms with E-state index in [1.165, 1.54) is 6.92 Å². The van der Waals surface area contributed by atoms with Crippen molar-refractivity contribution in [3.05, 3.63) is 77.4 Å². The first kappa shape index (κ1) is 19.4. The summed E-state index contributed by atoms with van der Waals surface area (Å²) in [7, 11) is 3.45. The number of fused-ring (bicyclic) bond motifs is 1. The molecular weight excluding hydrogens is 352 g/mol. The van der Waals surface area contributed by atoms with Crippen LogP contribution in [0.2, 0.25) is 0 Å². The summed E-state index contributed by atoms with van der Waals surface area (Å²) < 4.78 is 5.26. The highest BCUT2D eigenvalue weighted by Crippen LogP contribution is 2.22. The zero-order chi connectivity index (χ0) is 20.1. The first-order valence-electron chi connectivity index (χ1n) is 9.12. The summed E-state index contributed by atoms with van der Waals surface area (Å²) in [5, 5.41) is 4.96. The zero-order valence-corrected chi connectivity index (χ0v) is 16.4. The summed E-state index contributed by atoms with van der Waals surface area (Å²) in [5.74, 6) is 0.712. The molecule has 28 heavy (non-hydrogen) atoms. The van der Waals surface area contributed by atoms with Crippen LogP contribution in [0.5, 0.6) is 5.75 Å². The highest BCUT2D eigenvalue weighted by atomic mass is 16.5. The highest BCUT2D eigenvalue weighted by Gasteiger charge is 2.12. The third-order valence-corrected chi connectivity index (χ3v) is 4.62. The summed E-state index contributed by atoms with van der Waals surface area (Å²) in [6.07, 6.45) is 0. The number of amides is 2. The normalized spacial score (nSPS) is 10.5. The first-order valence-corrected chi connectivity index (χ1v) is 9.12. The Morgan fingerprint density at radius 1 is 0.929 bits per heavy atom. The van der Waals surface area contributed by atoms with Crippen molar-refractivity contribution in [3.63, 3.8) is 0 Å². The standard InChI is InChI=1S/C23H24N2O3/c1-16(26)24-14-17-4-7-19(8-5-17)23(27)25(2)15-18-6-9-21-13-22(28-3)11-10-20(21)12-18/h4-13H,14-15H2,1-3H3,(H,24,26). The van der Waals surface area contributed by atoms with Gasteiger partial charge in [-0.1, -0.05) is 30.3 Å². The smallest absolute Gasteiger partial charge is 0.253 e. The Bertz CT molecular complexity index is 996. The molecule has 3 aromatic carbocycles. The molecule has 0 radical (unpaired) electrons. The van der Waals surface area contributed by atoms with Crippen LogP contribution in [0.4, 0.5) is 0 Å². The van der Waals surface area contributed by atoms with Crippen LogP contribution in [0.3, 0.4) is 0 Å². The zero-order valence-electron chi connectivity index (χ0n) is 16.4. The molecule has 0 unspecified atom stereocenters. The molecule has 3 rings (SSSR count). The van der Waals surface area contributed by atoms with Gasteiger partial charge < -0.3 is 15.0 Å². The van der Waals surface area contributed by atoms with Crippen molar-refractivity contribution in [3.8, 4) is 5.75 Å². The molecule has 0 aromatic heterocycles. The number of hydrogen-bond donors (Lipinski definition) is 1. The fourth-order valence-electron chi connectivity index (χ4n) is 3.06. The lowest BCUT2D eigenvalue weighted by molar-refractivity contribution is -0.119. The van der Waals surface area contributed by atoms with E-state index in [1.807, 2.05) is 42.5 Å². The monoisotopic (exact) mass is 376 g/mol. The van der Waals surface area contributed by atoms with E-state index in [9.17, 15) is 9.59 Å². The summed E-state index contributed by atoms with van der Waals surface area (Å²) in [6.45, 7) is 2.46. The summed E-state index contributed by atoms with van der Waals surface area (Å²) in [6, 6.07) is 19.4. The average Bonchev–Trinajstić information content (AvgIpc) is 2.71. The number of benzene rings is 3. The lowest BCUT2D eigenvalue weighted by atomic mass is 10.1. The molecule has 0 aliphatic rings. The molecule has 144 valence electrons. The van der Waals surface area contributed by atoms with E-state index in [-0.39, 0.29) is 11.8 Å². The van der Waals surface area contributed by atoms with Crippen molar-refractivity contribution in [2.24, 2.45) is 0 Å². The predicted octanol–water partition coefficient (Wildman–Crippen LogP) is 3.76. The van der Waals surface area contributed by atoms with E-state index < -0.39 is 0 Å². The van der Waals surface area contributed by atoms with Crippen LogP contribution in [0.15, 0.2) is 60.7 Å². The van der Waals surface area contributed by atoms with Crippen LogP contribution in [0.1, 0.15) is 28.4 Å². The second-order valence-electron chi connectivity index (χ2n) is 6.82. The number of rotatable bonds is 6. The van der Waals surface area contributed by atoms with Crippen LogP contribution in [-0.2, 0) is 17.9 Å². The first-order chi connectivity index (χ1) is 13.5. The number of hydrogen-bond acceptors (Lipinski definition) is 3. The Labute approximate surface area is 164 Å². The van der Waals surface area contributed by atoms with Crippen molar-refractivity contribution in [1.29, 1.82) is 0 Å². The van der Waals surface area contributed by atoms with Gasteiger partial charge in [0.1, 0.15) is 5.75 Å². The largest absolute Gasteiger partial charge is 0.497 e. The maximum absolute atomic E-state index is 12.7. The van der Waals surface area contributed by atoms with Gasteiger partial charge in [0, 0.05) is 32.6 Å². The van der Waals surface area contributed by atoms with Crippen molar-refractivity contribution in [1.82, 2.24) is 10.2 Å². The molecule has 0 saturated heterocycles. The third kappa shape index (κ3) is 4.68. The Morgan fingerprint density at radius 3 is 2.25 bits per heavy atom. The lowest BCUT2D eigenvalue weighted by Crippen LogP contribution is -2.26. The van der Waals surface area contributed by atoms with Crippen molar-refractivity contribution < 1.29 is 14.3 Å². The Hall–Kier alpha value is -3.34. The molecule has 2 amide bonds. The molecule has 1 N–H and O–H groups in total. The van der Waals surface area contributed by atoms with Crippen molar-refractivity contribution in [2.45, 2.75) is 20.0 Å². The minimum Gasteiger partial charge on any atom is -0.497 e. The number of carbonyl (C=O) groups excluding carboxylic acids is 2. The van der Waals surface area contributed by atoms with Crippen molar-refractivity contribution in [2.75, 3.05) is 14.2 Å². The van der Waals surface area contributed by atoms with E-state index >= 15 is 0 Å². The molecule has 5 heteroatoms. The van der Waals surface area contributed by atoms with Crippen LogP contribution in [-0.4, -0.2) is 30.9 Å². The third-order valence-electron chi connectivity index (χ3n) is 4.62. The van der Waals surface area contributed by atoms with Crippen molar-refractivity contribution >= 4 is 22.6 Å². The molecule has 0 aliphatic heterocycles. The van der Waals surface area contributed by atoms with Gasteiger partial charge in [-0.15, -0.1) is 0 Å². The molecule has 0 fully saturated rings. The Kier molecular flexibility index (Phi) is 5.94. The Morgan fingerprint density at radius 2 is 1.57 bits per heavy atom. The lowest BCUT2D eigenvalue weighted by Gasteiger charge is -2.18. The van der Waals surface area contributed by atoms with E-state index in [2.05, 4.69) is 11.4 Å². The molecule has 5 nitrogen and oxygen atoms in total. The molecular formula is C23H24N2O3. The van der Waals surface area contributed by atoms with E-state index in [0.717, 1.165) is 27.6 Å². The fraction of sp³-hybridized carbons (Fsp3) is 0.217. The predicted molar refractivity (Wildman–Crippen MR) is 110 cm³/mol.